The van der Waals surface area contributed by atoms with E-state index in [0.717, 1.165) is 6.07 Å². The van der Waals surface area contributed by atoms with E-state index in [1.54, 1.807) is 0 Å². The second-order valence-electron chi connectivity index (χ2n) is 4.24. The van der Waals surface area contributed by atoms with E-state index in [1.165, 1.54) is 31.4 Å². The summed E-state index contributed by atoms with van der Waals surface area (Å²) in [7, 11) is 0. The number of halogens is 1. The van der Waals surface area contributed by atoms with Gasteiger partial charge in [-0.1, -0.05) is 6.42 Å². The predicted octanol–water partition coefficient (Wildman–Crippen LogP) is 1.94. The number of amides is 1. The summed E-state index contributed by atoms with van der Waals surface area (Å²) in [5, 5.41) is 2.82. The third-order valence-corrected chi connectivity index (χ3v) is 3.03. The van der Waals surface area contributed by atoms with Crippen molar-refractivity contribution < 1.29 is 9.18 Å². The lowest BCUT2D eigenvalue weighted by molar-refractivity contribution is 0.0940. The average Bonchev–Trinajstić information content (AvgIpc) is 2.14. The van der Waals surface area contributed by atoms with Crippen LogP contribution in [-0.2, 0) is 0 Å². The zero-order chi connectivity index (χ0) is 11.5. The van der Waals surface area contributed by atoms with Crippen LogP contribution in [0.15, 0.2) is 18.2 Å². The molecule has 3 nitrogen and oxygen atoms in total. The molecular weight excluding hydrogens is 207 g/mol. The van der Waals surface area contributed by atoms with Gasteiger partial charge in [0.2, 0.25) is 0 Å². The SMILES string of the molecule is Nc1cc(F)ccc1C(=O)NCC1CCC1. The Morgan fingerprint density at radius 2 is 2.25 bits per heavy atom. The molecule has 1 aliphatic carbocycles. The summed E-state index contributed by atoms with van der Waals surface area (Å²) in [4.78, 5) is 11.7. The van der Waals surface area contributed by atoms with E-state index < -0.39 is 5.82 Å². The van der Waals surface area contributed by atoms with Crippen molar-refractivity contribution >= 4 is 11.6 Å². The van der Waals surface area contributed by atoms with Crippen molar-refractivity contribution in [3.63, 3.8) is 0 Å². The van der Waals surface area contributed by atoms with Crippen molar-refractivity contribution in [3.8, 4) is 0 Å². The standard InChI is InChI=1S/C12H15FN2O/c13-9-4-5-10(11(14)6-9)12(16)15-7-8-2-1-3-8/h4-6,8H,1-3,7,14H2,(H,15,16). The number of anilines is 1. The average molecular weight is 222 g/mol. The van der Waals surface area contributed by atoms with Crippen LogP contribution in [0.25, 0.3) is 0 Å². The molecule has 1 fully saturated rings. The summed E-state index contributed by atoms with van der Waals surface area (Å²) in [6, 6.07) is 3.83. The van der Waals surface area contributed by atoms with E-state index in [4.69, 9.17) is 5.73 Å². The van der Waals surface area contributed by atoms with E-state index in [0.29, 0.717) is 18.0 Å². The van der Waals surface area contributed by atoms with Crippen LogP contribution < -0.4 is 11.1 Å². The zero-order valence-corrected chi connectivity index (χ0v) is 9.00. The number of benzene rings is 1. The molecule has 86 valence electrons. The number of nitrogens with two attached hydrogens (primary N) is 1. The molecule has 0 spiro atoms. The highest BCUT2D eigenvalue weighted by atomic mass is 19.1. The minimum atomic E-state index is -0.423. The number of hydrogen-bond acceptors (Lipinski definition) is 2. The fourth-order valence-corrected chi connectivity index (χ4v) is 1.77. The van der Waals surface area contributed by atoms with E-state index in [9.17, 15) is 9.18 Å². The van der Waals surface area contributed by atoms with Crippen molar-refractivity contribution in [3.05, 3.63) is 29.6 Å². The van der Waals surface area contributed by atoms with Gasteiger partial charge in [-0.05, 0) is 37.0 Å². The molecule has 1 aliphatic rings. The molecule has 0 aromatic heterocycles. The fourth-order valence-electron chi connectivity index (χ4n) is 1.77. The van der Waals surface area contributed by atoms with Crippen molar-refractivity contribution in [2.75, 3.05) is 12.3 Å². The second kappa shape index (κ2) is 4.51. The molecule has 0 aliphatic heterocycles. The maximum absolute atomic E-state index is 12.8. The van der Waals surface area contributed by atoms with Crippen LogP contribution in [0.4, 0.5) is 10.1 Å². The molecule has 0 heterocycles. The quantitative estimate of drug-likeness (QED) is 0.768. The van der Waals surface area contributed by atoms with Crippen molar-refractivity contribution in [1.82, 2.24) is 5.32 Å². The summed E-state index contributed by atoms with van der Waals surface area (Å²) >= 11 is 0. The van der Waals surface area contributed by atoms with Crippen molar-refractivity contribution in [2.24, 2.45) is 5.92 Å². The van der Waals surface area contributed by atoms with Gasteiger partial charge in [0.05, 0.1) is 5.56 Å². The van der Waals surface area contributed by atoms with E-state index in [1.807, 2.05) is 0 Å². The summed E-state index contributed by atoms with van der Waals surface area (Å²) in [5.74, 6) is -0.0388. The number of hydrogen-bond donors (Lipinski definition) is 2. The number of carbonyl (C=O) groups excluding carboxylic acids is 1. The smallest absolute Gasteiger partial charge is 0.253 e. The Balaban J connectivity index is 1.96. The highest BCUT2D eigenvalue weighted by molar-refractivity contribution is 5.99. The topological polar surface area (TPSA) is 55.1 Å². The summed E-state index contributed by atoms with van der Waals surface area (Å²) in [6.07, 6.45) is 3.61. The molecule has 0 atom stereocenters. The molecule has 0 unspecified atom stereocenters. The minimum Gasteiger partial charge on any atom is -0.398 e. The lowest BCUT2D eigenvalue weighted by Gasteiger charge is -2.25. The van der Waals surface area contributed by atoms with Gasteiger partial charge in [0.25, 0.3) is 5.91 Å². The van der Waals surface area contributed by atoms with Crippen LogP contribution in [0.1, 0.15) is 29.6 Å². The molecule has 0 bridgehead atoms. The molecule has 1 amide bonds. The lowest BCUT2D eigenvalue weighted by Crippen LogP contribution is -2.32. The molecule has 0 radical (unpaired) electrons. The molecular formula is C12H15FN2O. The monoisotopic (exact) mass is 222 g/mol. The summed E-state index contributed by atoms with van der Waals surface area (Å²) < 4.78 is 12.8. The van der Waals surface area contributed by atoms with E-state index in [-0.39, 0.29) is 11.6 Å². The Labute approximate surface area is 93.8 Å². The highest BCUT2D eigenvalue weighted by Gasteiger charge is 2.18. The van der Waals surface area contributed by atoms with Gasteiger partial charge in [-0.3, -0.25) is 4.79 Å². The lowest BCUT2D eigenvalue weighted by atomic mass is 9.85. The van der Waals surface area contributed by atoms with Crippen LogP contribution in [0.5, 0.6) is 0 Å². The van der Waals surface area contributed by atoms with Crippen LogP contribution in [0.2, 0.25) is 0 Å². The Hall–Kier alpha value is -1.58. The molecule has 16 heavy (non-hydrogen) atoms. The first kappa shape index (κ1) is 10.9. The number of nitrogens with one attached hydrogen (secondary N) is 1. The van der Waals surface area contributed by atoms with Gasteiger partial charge >= 0.3 is 0 Å². The Bertz CT molecular complexity index is 402. The maximum atomic E-state index is 12.8. The Morgan fingerprint density at radius 3 is 2.81 bits per heavy atom. The predicted molar refractivity (Wildman–Crippen MR) is 60.5 cm³/mol. The van der Waals surface area contributed by atoms with Gasteiger partial charge < -0.3 is 11.1 Å². The molecule has 1 aromatic rings. The first-order valence-corrected chi connectivity index (χ1v) is 5.50. The summed E-state index contributed by atoms with van der Waals surface area (Å²) in [6.45, 7) is 0.690. The normalized spacial score (nSPS) is 15.6. The molecule has 0 saturated heterocycles. The van der Waals surface area contributed by atoms with Gasteiger partial charge in [-0.15, -0.1) is 0 Å². The summed E-state index contributed by atoms with van der Waals surface area (Å²) in [5.41, 5.74) is 6.11. The first-order valence-electron chi connectivity index (χ1n) is 5.50. The van der Waals surface area contributed by atoms with Gasteiger partial charge in [-0.2, -0.15) is 0 Å². The first-order chi connectivity index (χ1) is 7.66. The number of nitrogen functional groups attached to an aromatic ring is 1. The fraction of sp³-hybridized carbons (Fsp3) is 0.417. The van der Waals surface area contributed by atoms with Gasteiger partial charge in [0.15, 0.2) is 0 Å². The highest BCUT2D eigenvalue weighted by Crippen LogP contribution is 2.25. The molecule has 1 saturated carbocycles. The van der Waals surface area contributed by atoms with E-state index >= 15 is 0 Å². The van der Waals surface area contributed by atoms with Gasteiger partial charge in [-0.25, -0.2) is 4.39 Å². The molecule has 2 rings (SSSR count). The third kappa shape index (κ3) is 2.32. The largest absolute Gasteiger partial charge is 0.398 e. The van der Waals surface area contributed by atoms with Crippen molar-refractivity contribution in [2.45, 2.75) is 19.3 Å². The minimum absolute atomic E-state index is 0.186. The molecule has 3 N–H and O–H groups in total. The van der Waals surface area contributed by atoms with Crippen LogP contribution in [-0.4, -0.2) is 12.5 Å². The van der Waals surface area contributed by atoms with Crippen LogP contribution >= 0.6 is 0 Å². The number of carbonyl (C=O) groups is 1. The van der Waals surface area contributed by atoms with Crippen molar-refractivity contribution in [1.29, 1.82) is 0 Å². The Morgan fingerprint density at radius 1 is 1.50 bits per heavy atom. The second-order valence-corrected chi connectivity index (χ2v) is 4.24. The third-order valence-electron chi connectivity index (χ3n) is 3.03. The molecule has 4 heteroatoms. The van der Waals surface area contributed by atoms with E-state index in [2.05, 4.69) is 5.32 Å². The van der Waals surface area contributed by atoms with Gasteiger partial charge in [0.1, 0.15) is 5.82 Å². The van der Waals surface area contributed by atoms with Gasteiger partial charge in [0, 0.05) is 12.2 Å². The number of rotatable bonds is 3. The Kier molecular flexibility index (Phi) is 3.08. The van der Waals surface area contributed by atoms with Crippen LogP contribution in [0, 0.1) is 11.7 Å². The molecule has 1 aromatic carbocycles. The zero-order valence-electron chi connectivity index (χ0n) is 9.00. The van der Waals surface area contributed by atoms with Crippen LogP contribution in [0.3, 0.4) is 0 Å². The maximum Gasteiger partial charge on any atom is 0.253 e.